The molecule has 3 heteroatoms. The van der Waals surface area contributed by atoms with Crippen molar-refractivity contribution in [2.45, 2.75) is 72.1 Å². The normalized spacial score (nSPS) is 47.7. The Morgan fingerprint density at radius 3 is 2.26 bits per heavy atom. The maximum Gasteiger partial charge on any atom is 0.139 e. The first kappa shape index (κ1) is 17.1. The Labute approximate surface area is 140 Å². The van der Waals surface area contributed by atoms with Gasteiger partial charge in [-0.1, -0.05) is 20.8 Å². The zero-order valence-corrected chi connectivity index (χ0v) is 14.9. The van der Waals surface area contributed by atoms with Crippen LogP contribution in [0.15, 0.2) is 0 Å². The highest BCUT2D eigenvalue weighted by Crippen LogP contribution is 2.60. The van der Waals surface area contributed by atoms with Crippen molar-refractivity contribution in [3.05, 3.63) is 0 Å². The third-order valence-electron chi connectivity index (χ3n) is 7.75. The Morgan fingerprint density at radius 2 is 1.61 bits per heavy atom. The molecule has 0 spiro atoms. The third-order valence-corrected chi connectivity index (χ3v) is 7.75. The summed E-state index contributed by atoms with van der Waals surface area (Å²) in [5.41, 5.74) is -0.434. The fraction of sp³-hybridized carbons (Fsp3) is 0.900. The van der Waals surface area contributed by atoms with Gasteiger partial charge >= 0.3 is 0 Å². The average Bonchev–Trinajstić information content (AvgIpc) is 2.80. The van der Waals surface area contributed by atoms with E-state index in [2.05, 4.69) is 20.8 Å². The summed E-state index contributed by atoms with van der Waals surface area (Å²) in [6.07, 6.45) is 7.12. The van der Waals surface area contributed by atoms with Crippen LogP contribution in [-0.2, 0) is 9.59 Å². The van der Waals surface area contributed by atoms with E-state index in [1.54, 1.807) is 0 Å². The molecule has 0 aromatic heterocycles. The first-order chi connectivity index (χ1) is 10.8. The Hall–Kier alpha value is -0.700. The molecule has 3 fully saturated rings. The molecule has 0 aliphatic heterocycles. The van der Waals surface area contributed by atoms with Crippen LogP contribution in [0.3, 0.4) is 0 Å². The molecule has 130 valence electrons. The predicted octanol–water partition coefficient (Wildman–Crippen LogP) is 3.78. The van der Waals surface area contributed by atoms with Gasteiger partial charge in [0.25, 0.3) is 0 Å². The number of aliphatic hydroxyl groups excluding tert-OH is 1. The summed E-state index contributed by atoms with van der Waals surface area (Å²) in [6, 6.07) is 0. The van der Waals surface area contributed by atoms with E-state index in [4.69, 9.17) is 0 Å². The molecule has 0 heterocycles. The van der Waals surface area contributed by atoms with E-state index < -0.39 is 0 Å². The minimum atomic E-state index is -0.237. The largest absolute Gasteiger partial charge is 0.396 e. The highest BCUT2D eigenvalue weighted by atomic mass is 16.3. The van der Waals surface area contributed by atoms with Crippen molar-refractivity contribution < 1.29 is 14.7 Å². The van der Waals surface area contributed by atoms with E-state index in [0.717, 1.165) is 38.5 Å². The van der Waals surface area contributed by atoms with Gasteiger partial charge in [-0.05, 0) is 62.2 Å². The van der Waals surface area contributed by atoms with E-state index in [1.165, 1.54) is 0 Å². The second-order valence-electron chi connectivity index (χ2n) is 9.00. The maximum atomic E-state index is 12.9. The van der Waals surface area contributed by atoms with Gasteiger partial charge in [0.1, 0.15) is 11.6 Å². The Kier molecular flexibility index (Phi) is 4.46. The number of carbonyl (C=O) groups is 2. The van der Waals surface area contributed by atoms with Gasteiger partial charge in [0, 0.05) is 30.3 Å². The molecule has 1 unspecified atom stereocenters. The molecular formula is C20H32O3. The van der Waals surface area contributed by atoms with Crippen LogP contribution in [0.2, 0.25) is 0 Å². The van der Waals surface area contributed by atoms with Crippen molar-refractivity contribution in [2.24, 2.45) is 34.5 Å². The minimum Gasteiger partial charge on any atom is -0.396 e. The van der Waals surface area contributed by atoms with E-state index in [9.17, 15) is 14.7 Å². The van der Waals surface area contributed by atoms with Gasteiger partial charge in [0.15, 0.2) is 0 Å². The third kappa shape index (κ3) is 2.59. The number of hydrogen-bond donors (Lipinski definition) is 1. The summed E-state index contributed by atoms with van der Waals surface area (Å²) < 4.78 is 0. The Balaban J connectivity index is 1.90. The van der Waals surface area contributed by atoms with Gasteiger partial charge in [0.2, 0.25) is 0 Å². The van der Waals surface area contributed by atoms with Gasteiger partial charge in [-0.3, -0.25) is 9.59 Å². The molecule has 0 saturated heterocycles. The molecular weight excluding hydrogens is 288 g/mol. The van der Waals surface area contributed by atoms with Crippen LogP contribution >= 0.6 is 0 Å². The number of fused-ring (bicyclic) bond motifs is 1. The van der Waals surface area contributed by atoms with Crippen molar-refractivity contribution in [3.63, 3.8) is 0 Å². The van der Waals surface area contributed by atoms with Crippen LogP contribution in [0.4, 0.5) is 0 Å². The van der Waals surface area contributed by atoms with Crippen molar-refractivity contribution in [1.82, 2.24) is 0 Å². The maximum absolute atomic E-state index is 12.9. The Morgan fingerprint density at radius 1 is 1.00 bits per heavy atom. The van der Waals surface area contributed by atoms with Gasteiger partial charge in [-0.2, -0.15) is 0 Å². The monoisotopic (exact) mass is 320 g/mol. The molecule has 0 aromatic carbocycles. The summed E-state index contributed by atoms with van der Waals surface area (Å²) in [4.78, 5) is 25.3. The van der Waals surface area contributed by atoms with Crippen molar-refractivity contribution >= 4 is 11.6 Å². The van der Waals surface area contributed by atoms with Crippen LogP contribution in [0, 0.1) is 34.5 Å². The van der Waals surface area contributed by atoms with Gasteiger partial charge in [-0.15, -0.1) is 0 Å². The number of hydrogen-bond acceptors (Lipinski definition) is 3. The highest BCUT2D eigenvalue weighted by Gasteiger charge is 2.58. The molecule has 3 saturated carbocycles. The summed E-state index contributed by atoms with van der Waals surface area (Å²) in [6.45, 7) is 6.66. The average molecular weight is 320 g/mol. The standard InChI is InChI=1S/C20H32O3/c1-13-6-9-20(3,18(23)12-13)16-7-10-19(2)15(4-5-17(19)22)14(16)8-11-21/h13-16,21H,4-12H2,1-3H3/t13-,14-,15-,16?,19-,20+/m0/s1. The van der Waals surface area contributed by atoms with Crippen molar-refractivity contribution in [1.29, 1.82) is 0 Å². The van der Waals surface area contributed by atoms with Gasteiger partial charge in [0.05, 0.1) is 0 Å². The molecule has 23 heavy (non-hydrogen) atoms. The molecule has 3 aliphatic carbocycles. The predicted molar refractivity (Wildman–Crippen MR) is 89.9 cm³/mol. The lowest BCUT2D eigenvalue weighted by atomic mass is 9.50. The van der Waals surface area contributed by atoms with Crippen LogP contribution in [0.25, 0.3) is 0 Å². The number of carbonyl (C=O) groups excluding carboxylic acids is 2. The second kappa shape index (κ2) is 5.98. The molecule has 0 radical (unpaired) electrons. The summed E-state index contributed by atoms with van der Waals surface area (Å²) in [5, 5.41) is 9.63. The molecule has 0 amide bonds. The van der Waals surface area contributed by atoms with Crippen LogP contribution < -0.4 is 0 Å². The summed E-state index contributed by atoms with van der Waals surface area (Å²) in [7, 11) is 0. The fourth-order valence-electron chi connectivity index (χ4n) is 6.13. The summed E-state index contributed by atoms with van der Waals surface area (Å²) in [5.74, 6) is 2.39. The summed E-state index contributed by atoms with van der Waals surface area (Å²) >= 11 is 0. The highest BCUT2D eigenvalue weighted by molar-refractivity contribution is 5.88. The minimum absolute atomic E-state index is 0.169. The molecule has 1 N–H and O–H groups in total. The van der Waals surface area contributed by atoms with E-state index in [0.29, 0.717) is 48.1 Å². The Bertz CT molecular complexity index is 499. The number of aliphatic hydroxyl groups is 1. The number of rotatable bonds is 3. The van der Waals surface area contributed by atoms with E-state index >= 15 is 0 Å². The lowest BCUT2D eigenvalue weighted by Gasteiger charge is -2.52. The molecule has 3 aliphatic rings. The van der Waals surface area contributed by atoms with E-state index in [-0.39, 0.29) is 17.4 Å². The lowest BCUT2D eigenvalue weighted by Crippen LogP contribution is -2.51. The van der Waals surface area contributed by atoms with Crippen molar-refractivity contribution in [2.75, 3.05) is 6.61 Å². The lowest BCUT2D eigenvalue weighted by molar-refractivity contribution is -0.144. The SMILES string of the molecule is C[C@H]1CC[C@](C)(C2CC[C@]3(C)C(=O)CC[C@H]3[C@@H]2CCO)C(=O)C1. The molecule has 3 nitrogen and oxygen atoms in total. The van der Waals surface area contributed by atoms with E-state index in [1.807, 2.05) is 0 Å². The van der Waals surface area contributed by atoms with Crippen molar-refractivity contribution in [3.8, 4) is 0 Å². The molecule has 3 rings (SSSR count). The molecule has 0 aromatic rings. The number of Topliss-reactive ketones (excluding diaryl/α,β-unsaturated/α-hetero) is 2. The fourth-order valence-corrected chi connectivity index (χ4v) is 6.13. The molecule has 0 bridgehead atoms. The van der Waals surface area contributed by atoms with Crippen LogP contribution in [-0.4, -0.2) is 23.3 Å². The quantitative estimate of drug-likeness (QED) is 0.861. The van der Waals surface area contributed by atoms with Crippen LogP contribution in [0.5, 0.6) is 0 Å². The molecule has 6 atom stereocenters. The first-order valence-corrected chi connectivity index (χ1v) is 9.50. The smallest absolute Gasteiger partial charge is 0.139 e. The zero-order chi connectivity index (χ0) is 16.8. The second-order valence-corrected chi connectivity index (χ2v) is 9.00. The zero-order valence-electron chi connectivity index (χ0n) is 14.9. The van der Waals surface area contributed by atoms with Crippen LogP contribution in [0.1, 0.15) is 72.1 Å². The van der Waals surface area contributed by atoms with Gasteiger partial charge in [-0.25, -0.2) is 0 Å². The topological polar surface area (TPSA) is 54.4 Å². The first-order valence-electron chi connectivity index (χ1n) is 9.50. The number of ketones is 2. The van der Waals surface area contributed by atoms with Gasteiger partial charge < -0.3 is 5.11 Å².